The van der Waals surface area contributed by atoms with Crippen LogP contribution in [0.1, 0.15) is 61.7 Å². The Hall–Kier alpha value is -1.85. The van der Waals surface area contributed by atoms with Crippen molar-refractivity contribution in [1.29, 1.82) is 5.26 Å². The predicted octanol–water partition coefficient (Wildman–Crippen LogP) is 4.04. The minimum absolute atomic E-state index is 0.00129. The van der Waals surface area contributed by atoms with E-state index in [-0.39, 0.29) is 5.91 Å². The first-order valence-electron chi connectivity index (χ1n) is 9.90. The molecule has 0 saturated heterocycles. The van der Waals surface area contributed by atoms with E-state index in [1.165, 1.54) is 16.6 Å². The monoisotopic (exact) mass is 415 g/mol. The highest BCUT2D eigenvalue weighted by molar-refractivity contribution is 7.99. The molecule has 2 fully saturated rings. The molecule has 8 heteroatoms. The topological polar surface area (TPSA) is 74.8 Å². The van der Waals surface area contributed by atoms with Crippen LogP contribution in [0, 0.1) is 11.3 Å². The molecule has 1 amide bonds. The SMILES string of the molecule is CN(C(=O)CSc1nnc(Cc2cccs2)n1C1CC1)C1(C#N)CCCCC1. The Morgan fingerprint density at radius 3 is 2.82 bits per heavy atom. The molecule has 2 aliphatic carbocycles. The number of rotatable bonds is 7. The highest BCUT2D eigenvalue weighted by atomic mass is 32.2. The molecule has 4 rings (SSSR count). The van der Waals surface area contributed by atoms with E-state index in [1.54, 1.807) is 23.3 Å². The first-order chi connectivity index (χ1) is 13.6. The summed E-state index contributed by atoms with van der Waals surface area (Å²) in [4.78, 5) is 15.8. The van der Waals surface area contributed by atoms with E-state index in [0.29, 0.717) is 11.8 Å². The summed E-state index contributed by atoms with van der Waals surface area (Å²) in [5, 5.41) is 21.4. The first kappa shape index (κ1) is 19.5. The van der Waals surface area contributed by atoms with Crippen molar-refractivity contribution in [2.24, 2.45) is 0 Å². The molecule has 148 valence electrons. The van der Waals surface area contributed by atoms with Crippen molar-refractivity contribution >= 4 is 29.0 Å². The zero-order valence-electron chi connectivity index (χ0n) is 16.1. The van der Waals surface area contributed by atoms with Crippen LogP contribution in [0.5, 0.6) is 0 Å². The van der Waals surface area contributed by atoms with Crippen LogP contribution in [0.4, 0.5) is 0 Å². The average molecular weight is 416 g/mol. The number of hydrogen-bond donors (Lipinski definition) is 0. The number of carbonyl (C=O) groups is 1. The molecule has 0 spiro atoms. The maximum atomic E-state index is 12.8. The third-order valence-electron chi connectivity index (χ3n) is 5.79. The van der Waals surface area contributed by atoms with Crippen molar-refractivity contribution in [3.63, 3.8) is 0 Å². The molecule has 0 aliphatic heterocycles. The Morgan fingerprint density at radius 1 is 1.39 bits per heavy atom. The summed E-state index contributed by atoms with van der Waals surface area (Å²) in [6.07, 6.45) is 7.81. The van der Waals surface area contributed by atoms with Gasteiger partial charge in [0.1, 0.15) is 11.4 Å². The summed E-state index contributed by atoms with van der Waals surface area (Å²) < 4.78 is 2.22. The Bertz CT molecular complexity index is 860. The van der Waals surface area contributed by atoms with Gasteiger partial charge in [-0.3, -0.25) is 4.79 Å². The molecule has 0 aromatic carbocycles. The van der Waals surface area contributed by atoms with Crippen molar-refractivity contribution in [2.45, 2.75) is 68.1 Å². The summed E-state index contributed by atoms with van der Waals surface area (Å²) in [6.45, 7) is 0. The van der Waals surface area contributed by atoms with Crippen LogP contribution < -0.4 is 0 Å². The van der Waals surface area contributed by atoms with E-state index in [2.05, 4.69) is 38.3 Å². The van der Waals surface area contributed by atoms with Crippen LogP contribution in [0.2, 0.25) is 0 Å². The lowest BCUT2D eigenvalue weighted by atomic mass is 9.81. The van der Waals surface area contributed by atoms with Crippen LogP contribution in [0.3, 0.4) is 0 Å². The van der Waals surface area contributed by atoms with Crippen molar-refractivity contribution < 1.29 is 4.79 Å². The largest absolute Gasteiger partial charge is 0.326 e. The standard InChI is InChI=1S/C20H25N5OS2/c1-24(20(14-21)9-3-2-4-10-20)18(26)13-28-19-23-22-17(25(19)15-7-8-15)12-16-6-5-11-27-16/h5-6,11,15H,2-4,7-10,12-13H2,1H3. The Labute approximate surface area is 173 Å². The van der Waals surface area contributed by atoms with E-state index >= 15 is 0 Å². The number of amides is 1. The quantitative estimate of drug-likeness (QED) is 0.638. The third-order valence-corrected chi connectivity index (χ3v) is 7.59. The molecule has 0 bridgehead atoms. The zero-order chi connectivity index (χ0) is 19.6. The lowest BCUT2D eigenvalue weighted by Crippen LogP contribution is -2.50. The number of thioether (sulfide) groups is 1. The summed E-state index contributed by atoms with van der Waals surface area (Å²) >= 11 is 3.18. The van der Waals surface area contributed by atoms with Crippen molar-refractivity contribution in [3.8, 4) is 6.07 Å². The smallest absolute Gasteiger partial charge is 0.234 e. The number of aromatic nitrogens is 3. The minimum atomic E-state index is -0.635. The van der Waals surface area contributed by atoms with Gasteiger partial charge in [-0.25, -0.2) is 0 Å². The predicted molar refractivity (Wildman–Crippen MR) is 110 cm³/mol. The second-order valence-corrected chi connectivity index (χ2v) is 9.68. The molecule has 2 aliphatic rings. The second-order valence-electron chi connectivity index (χ2n) is 7.70. The molecule has 2 aromatic heterocycles. The highest BCUT2D eigenvalue weighted by Gasteiger charge is 2.39. The fourth-order valence-corrected chi connectivity index (χ4v) is 5.56. The fourth-order valence-electron chi connectivity index (χ4n) is 3.92. The van der Waals surface area contributed by atoms with Crippen LogP contribution in [-0.4, -0.2) is 43.9 Å². The number of nitrogens with zero attached hydrogens (tertiary/aromatic N) is 5. The number of thiophene rings is 1. The van der Waals surface area contributed by atoms with E-state index in [4.69, 9.17) is 0 Å². The van der Waals surface area contributed by atoms with Gasteiger partial charge in [-0.15, -0.1) is 21.5 Å². The zero-order valence-corrected chi connectivity index (χ0v) is 17.8. The molecule has 2 heterocycles. The highest BCUT2D eigenvalue weighted by Crippen LogP contribution is 2.39. The molecule has 0 N–H and O–H groups in total. The van der Waals surface area contributed by atoms with Gasteiger partial charge in [0.05, 0.1) is 11.8 Å². The van der Waals surface area contributed by atoms with Crippen molar-refractivity contribution in [3.05, 3.63) is 28.2 Å². The van der Waals surface area contributed by atoms with Crippen LogP contribution in [0.25, 0.3) is 0 Å². The van der Waals surface area contributed by atoms with Gasteiger partial charge in [0.2, 0.25) is 5.91 Å². The molecule has 2 saturated carbocycles. The molecule has 0 unspecified atom stereocenters. The minimum Gasteiger partial charge on any atom is -0.326 e. The van der Waals surface area contributed by atoms with E-state index in [9.17, 15) is 10.1 Å². The number of hydrogen-bond acceptors (Lipinski definition) is 6. The molecular weight excluding hydrogens is 390 g/mol. The molecule has 28 heavy (non-hydrogen) atoms. The Kier molecular flexibility index (Phi) is 5.74. The summed E-state index contributed by atoms with van der Waals surface area (Å²) in [7, 11) is 1.78. The van der Waals surface area contributed by atoms with Crippen LogP contribution in [0.15, 0.2) is 22.7 Å². The van der Waals surface area contributed by atoms with Crippen molar-refractivity contribution in [1.82, 2.24) is 19.7 Å². The van der Waals surface area contributed by atoms with Crippen molar-refractivity contribution in [2.75, 3.05) is 12.8 Å². The van der Waals surface area contributed by atoms with Gasteiger partial charge in [0.25, 0.3) is 0 Å². The van der Waals surface area contributed by atoms with Crippen LogP contribution >= 0.6 is 23.1 Å². The summed E-state index contributed by atoms with van der Waals surface area (Å²) in [5.74, 6) is 1.27. The van der Waals surface area contributed by atoms with Gasteiger partial charge in [-0.2, -0.15) is 5.26 Å². The average Bonchev–Trinajstić information content (AvgIpc) is 3.28. The van der Waals surface area contributed by atoms with Gasteiger partial charge < -0.3 is 9.47 Å². The van der Waals surface area contributed by atoms with E-state index in [0.717, 1.165) is 62.3 Å². The lowest BCUT2D eigenvalue weighted by molar-refractivity contribution is -0.131. The van der Waals surface area contributed by atoms with Gasteiger partial charge >= 0.3 is 0 Å². The van der Waals surface area contributed by atoms with E-state index in [1.807, 2.05) is 0 Å². The summed E-state index contributed by atoms with van der Waals surface area (Å²) in [5.41, 5.74) is -0.635. The van der Waals surface area contributed by atoms with Gasteiger partial charge in [0.15, 0.2) is 5.16 Å². The number of nitriles is 1. The maximum absolute atomic E-state index is 12.8. The molecule has 0 atom stereocenters. The first-order valence-corrected chi connectivity index (χ1v) is 11.8. The normalized spacial score (nSPS) is 18.6. The fraction of sp³-hybridized carbons (Fsp3) is 0.600. The van der Waals surface area contributed by atoms with Crippen LogP contribution in [-0.2, 0) is 11.2 Å². The van der Waals surface area contributed by atoms with Gasteiger partial charge in [0, 0.05) is 24.4 Å². The second kappa shape index (κ2) is 8.26. The number of carbonyl (C=O) groups excluding carboxylic acids is 1. The lowest BCUT2D eigenvalue weighted by Gasteiger charge is -2.39. The molecule has 6 nitrogen and oxygen atoms in total. The van der Waals surface area contributed by atoms with Gasteiger partial charge in [-0.1, -0.05) is 37.1 Å². The Balaban J connectivity index is 1.44. The maximum Gasteiger partial charge on any atom is 0.234 e. The van der Waals surface area contributed by atoms with Gasteiger partial charge in [-0.05, 0) is 37.1 Å². The summed E-state index contributed by atoms with van der Waals surface area (Å²) in [6, 6.07) is 7.06. The Morgan fingerprint density at radius 2 is 2.18 bits per heavy atom. The molecular formula is C20H25N5OS2. The third kappa shape index (κ3) is 3.96. The molecule has 2 aromatic rings. The van der Waals surface area contributed by atoms with E-state index < -0.39 is 5.54 Å². The molecule has 0 radical (unpaired) electrons.